The molecule has 1 rings (SSSR count). The zero-order valence-electron chi connectivity index (χ0n) is 9.70. The smallest absolute Gasteiger partial charge is 0.0595 e. The van der Waals surface area contributed by atoms with E-state index >= 15 is 0 Å². The van der Waals surface area contributed by atoms with E-state index in [9.17, 15) is 0 Å². The highest BCUT2D eigenvalue weighted by Gasteiger charge is 2.06. The number of rotatable bonds is 7. The zero-order chi connectivity index (χ0) is 12.7. The molecule has 0 aliphatic heterocycles. The van der Waals surface area contributed by atoms with Crippen molar-refractivity contribution in [3.05, 3.63) is 33.8 Å². The standard InChI is InChI=1S/C12H18Cl2N2O/c13-11-3-2-10(8-12(11)14)9-16(6-7-17)5-1-4-15/h2-3,8,17H,1,4-7,9,15H2. The number of nitrogens with two attached hydrogens (primary N) is 1. The molecule has 1 aromatic rings. The summed E-state index contributed by atoms with van der Waals surface area (Å²) >= 11 is 11.8. The molecule has 0 spiro atoms. The van der Waals surface area contributed by atoms with Crippen LogP contribution in [0, 0.1) is 0 Å². The maximum Gasteiger partial charge on any atom is 0.0595 e. The van der Waals surface area contributed by atoms with Crippen LogP contribution in [0.5, 0.6) is 0 Å². The highest BCUT2D eigenvalue weighted by Crippen LogP contribution is 2.23. The van der Waals surface area contributed by atoms with Gasteiger partial charge < -0.3 is 10.8 Å². The first kappa shape index (κ1) is 14.7. The minimum absolute atomic E-state index is 0.145. The van der Waals surface area contributed by atoms with Crippen LogP contribution in [-0.4, -0.2) is 36.2 Å². The van der Waals surface area contributed by atoms with Crippen LogP contribution < -0.4 is 5.73 Å². The SMILES string of the molecule is NCCCN(CCO)Cc1ccc(Cl)c(Cl)c1. The minimum Gasteiger partial charge on any atom is -0.395 e. The van der Waals surface area contributed by atoms with E-state index in [0.29, 0.717) is 23.1 Å². The number of benzene rings is 1. The van der Waals surface area contributed by atoms with E-state index in [1.165, 1.54) is 0 Å². The first-order valence-electron chi connectivity index (χ1n) is 5.64. The highest BCUT2D eigenvalue weighted by molar-refractivity contribution is 6.42. The molecule has 0 unspecified atom stereocenters. The Morgan fingerprint density at radius 2 is 1.94 bits per heavy atom. The molecule has 0 fully saturated rings. The van der Waals surface area contributed by atoms with Crippen LogP contribution in [0.2, 0.25) is 10.0 Å². The van der Waals surface area contributed by atoms with Gasteiger partial charge in [-0.05, 0) is 37.2 Å². The van der Waals surface area contributed by atoms with Crippen molar-refractivity contribution >= 4 is 23.2 Å². The Labute approximate surface area is 112 Å². The van der Waals surface area contributed by atoms with E-state index in [2.05, 4.69) is 4.90 Å². The largest absolute Gasteiger partial charge is 0.395 e. The summed E-state index contributed by atoms with van der Waals surface area (Å²) < 4.78 is 0. The lowest BCUT2D eigenvalue weighted by Gasteiger charge is -2.21. The molecule has 0 atom stereocenters. The molecule has 0 heterocycles. The minimum atomic E-state index is 0.145. The molecule has 0 amide bonds. The quantitative estimate of drug-likeness (QED) is 0.802. The van der Waals surface area contributed by atoms with Gasteiger partial charge in [0.25, 0.3) is 0 Å². The first-order valence-corrected chi connectivity index (χ1v) is 6.40. The van der Waals surface area contributed by atoms with Crippen LogP contribution in [0.4, 0.5) is 0 Å². The third-order valence-corrected chi connectivity index (χ3v) is 3.22. The van der Waals surface area contributed by atoms with Crippen molar-refractivity contribution in [2.45, 2.75) is 13.0 Å². The van der Waals surface area contributed by atoms with Gasteiger partial charge in [-0.15, -0.1) is 0 Å². The molecule has 17 heavy (non-hydrogen) atoms. The van der Waals surface area contributed by atoms with E-state index in [0.717, 1.165) is 25.1 Å². The third-order valence-electron chi connectivity index (χ3n) is 2.48. The van der Waals surface area contributed by atoms with E-state index in [-0.39, 0.29) is 6.61 Å². The van der Waals surface area contributed by atoms with E-state index in [1.807, 2.05) is 12.1 Å². The summed E-state index contributed by atoms with van der Waals surface area (Å²) in [5, 5.41) is 10.1. The van der Waals surface area contributed by atoms with Gasteiger partial charge in [0.15, 0.2) is 0 Å². The van der Waals surface area contributed by atoms with Crippen molar-refractivity contribution in [2.24, 2.45) is 5.73 Å². The summed E-state index contributed by atoms with van der Waals surface area (Å²) in [7, 11) is 0. The average Bonchev–Trinajstić information content (AvgIpc) is 2.31. The number of nitrogens with zero attached hydrogens (tertiary/aromatic N) is 1. The molecule has 0 aliphatic carbocycles. The Morgan fingerprint density at radius 1 is 1.18 bits per heavy atom. The maximum atomic E-state index is 8.99. The van der Waals surface area contributed by atoms with Crippen molar-refractivity contribution in [3.8, 4) is 0 Å². The van der Waals surface area contributed by atoms with Crippen LogP contribution >= 0.6 is 23.2 Å². The Bertz CT molecular complexity index is 347. The number of hydrogen-bond acceptors (Lipinski definition) is 3. The summed E-state index contributed by atoms with van der Waals surface area (Å²) in [6, 6.07) is 5.59. The molecule has 0 aliphatic rings. The molecule has 0 bridgehead atoms. The molecule has 0 radical (unpaired) electrons. The second-order valence-electron chi connectivity index (χ2n) is 3.89. The van der Waals surface area contributed by atoms with E-state index < -0.39 is 0 Å². The third kappa shape index (κ3) is 5.23. The molecule has 3 N–H and O–H groups in total. The normalized spacial score (nSPS) is 11.1. The zero-order valence-corrected chi connectivity index (χ0v) is 11.2. The topological polar surface area (TPSA) is 49.5 Å². The fraction of sp³-hybridized carbons (Fsp3) is 0.500. The Hall–Kier alpha value is -0.320. The lowest BCUT2D eigenvalue weighted by molar-refractivity contribution is 0.189. The predicted molar refractivity (Wildman–Crippen MR) is 72.5 cm³/mol. The molecular weight excluding hydrogens is 259 g/mol. The fourth-order valence-corrected chi connectivity index (χ4v) is 1.94. The van der Waals surface area contributed by atoms with E-state index in [4.69, 9.17) is 34.0 Å². The first-order chi connectivity index (χ1) is 8.17. The van der Waals surface area contributed by atoms with Gasteiger partial charge in [0.2, 0.25) is 0 Å². The van der Waals surface area contributed by atoms with Gasteiger partial charge >= 0.3 is 0 Å². The molecule has 5 heteroatoms. The van der Waals surface area contributed by atoms with Gasteiger partial charge in [-0.2, -0.15) is 0 Å². The highest BCUT2D eigenvalue weighted by atomic mass is 35.5. The summed E-state index contributed by atoms with van der Waals surface area (Å²) in [5.41, 5.74) is 6.57. The molecule has 96 valence electrons. The second kappa shape index (κ2) is 7.90. The Kier molecular flexibility index (Phi) is 6.85. The molecule has 0 aromatic heterocycles. The predicted octanol–water partition coefficient (Wildman–Crippen LogP) is 2.14. The average molecular weight is 277 g/mol. The molecule has 0 saturated heterocycles. The monoisotopic (exact) mass is 276 g/mol. The fourth-order valence-electron chi connectivity index (χ4n) is 1.62. The number of halogens is 2. The van der Waals surface area contributed by atoms with Crippen LogP contribution in [0.3, 0.4) is 0 Å². The Balaban J connectivity index is 2.61. The van der Waals surface area contributed by atoms with Gasteiger partial charge in [-0.1, -0.05) is 29.3 Å². The van der Waals surface area contributed by atoms with Crippen molar-refractivity contribution in [1.29, 1.82) is 0 Å². The van der Waals surface area contributed by atoms with Crippen molar-refractivity contribution in [1.82, 2.24) is 4.90 Å². The van der Waals surface area contributed by atoms with Crippen LogP contribution in [0.15, 0.2) is 18.2 Å². The van der Waals surface area contributed by atoms with Gasteiger partial charge in [-0.3, -0.25) is 4.90 Å². The number of hydrogen-bond donors (Lipinski definition) is 2. The van der Waals surface area contributed by atoms with Gasteiger partial charge in [-0.25, -0.2) is 0 Å². The van der Waals surface area contributed by atoms with Gasteiger partial charge in [0.05, 0.1) is 16.7 Å². The second-order valence-corrected chi connectivity index (χ2v) is 4.70. The summed E-state index contributed by atoms with van der Waals surface area (Å²) in [4.78, 5) is 2.15. The lowest BCUT2D eigenvalue weighted by Crippen LogP contribution is -2.28. The van der Waals surface area contributed by atoms with Gasteiger partial charge in [0, 0.05) is 13.1 Å². The van der Waals surface area contributed by atoms with Crippen molar-refractivity contribution < 1.29 is 5.11 Å². The van der Waals surface area contributed by atoms with Crippen molar-refractivity contribution in [2.75, 3.05) is 26.2 Å². The summed E-state index contributed by atoms with van der Waals surface area (Å²) in [6.07, 6.45) is 0.918. The van der Waals surface area contributed by atoms with Crippen molar-refractivity contribution in [3.63, 3.8) is 0 Å². The molecular formula is C12H18Cl2N2O. The van der Waals surface area contributed by atoms with Crippen LogP contribution in [0.1, 0.15) is 12.0 Å². The summed E-state index contributed by atoms with van der Waals surface area (Å²) in [6.45, 7) is 3.06. The number of aliphatic hydroxyl groups is 1. The summed E-state index contributed by atoms with van der Waals surface area (Å²) in [5.74, 6) is 0. The lowest BCUT2D eigenvalue weighted by atomic mass is 10.2. The molecule has 3 nitrogen and oxygen atoms in total. The maximum absolute atomic E-state index is 8.99. The van der Waals surface area contributed by atoms with Crippen LogP contribution in [-0.2, 0) is 6.54 Å². The molecule has 1 aromatic carbocycles. The van der Waals surface area contributed by atoms with Crippen LogP contribution in [0.25, 0.3) is 0 Å². The Morgan fingerprint density at radius 3 is 2.53 bits per heavy atom. The van der Waals surface area contributed by atoms with E-state index in [1.54, 1.807) is 6.07 Å². The molecule has 0 saturated carbocycles. The number of aliphatic hydroxyl groups excluding tert-OH is 1. The van der Waals surface area contributed by atoms with Gasteiger partial charge in [0.1, 0.15) is 0 Å².